The van der Waals surface area contributed by atoms with Crippen molar-refractivity contribution in [2.75, 3.05) is 25.3 Å². The number of ether oxygens (including phenoxy) is 2. The molecule has 1 amide bonds. The summed E-state index contributed by atoms with van der Waals surface area (Å²) in [7, 11) is 3.19. The van der Waals surface area contributed by atoms with E-state index in [4.69, 9.17) is 15.2 Å². The number of anilines is 2. The van der Waals surface area contributed by atoms with Crippen LogP contribution < -0.4 is 20.5 Å². The van der Waals surface area contributed by atoms with Gasteiger partial charge in [-0.15, -0.1) is 0 Å². The summed E-state index contributed by atoms with van der Waals surface area (Å²) < 4.78 is 10.5. The Kier molecular flexibility index (Phi) is 5.68. The Morgan fingerprint density at radius 3 is 2.46 bits per heavy atom. The van der Waals surface area contributed by atoms with Crippen LogP contribution in [0.1, 0.15) is 18.1 Å². The molecular formula is C19H24N2O3. The molecule has 0 aliphatic rings. The number of benzene rings is 2. The van der Waals surface area contributed by atoms with Gasteiger partial charge in [0, 0.05) is 5.92 Å². The Morgan fingerprint density at radius 1 is 1.12 bits per heavy atom. The number of carbonyl (C=O) groups is 1. The summed E-state index contributed by atoms with van der Waals surface area (Å²) in [4.78, 5) is 12.4. The first-order valence-electron chi connectivity index (χ1n) is 7.82. The predicted molar refractivity (Wildman–Crippen MR) is 96.6 cm³/mol. The first-order chi connectivity index (χ1) is 11.4. The van der Waals surface area contributed by atoms with Crippen LogP contribution >= 0.6 is 0 Å². The van der Waals surface area contributed by atoms with Crippen molar-refractivity contribution in [2.24, 2.45) is 5.92 Å². The molecule has 5 heteroatoms. The van der Waals surface area contributed by atoms with Gasteiger partial charge in [0.1, 0.15) is 0 Å². The summed E-state index contributed by atoms with van der Waals surface area (Å²) in [6.45, 7) is 3.85. The quantitative estimate of drug-likeness (QED) is 0.797. The molecular weight excluding hydrogens is 304 g/mol. The Labute approximate surface area is 142 Å². The number of nitrogen functional groups attached to an aromatic ring is 1. The van der Waals surface area contributed by atoms with E-state index >= 15 is 0 Å². The molecule has 0 saturated heterocycles. The van der Waals surface area contributed by atoms with E-state index in [2.05, 4.69) is 5.32 Å². The second kappa shape index (κ2) is 7.73. The lowest BCUT2D eigenvalue weighted by Gasteiger charge is -2.15. The molecule has 1 atom stereocenters. The predicted octanol–water partition coefficient (Wildman–Crippen LogP) is 3.41. The van der Waals surface area contributed by atoms with E-state index in [9.17, 15) is 4.79 Å². The van der Waals surface area contributed by atoms with E-state index in [0.717, 1.165) is 11.1 Å². The minimum absolute atomic E-state index is 0.0691. The number of nitrogens with one attached hydrogen (secondary N) is 1. The van der Waals surface area contributed by atoms with Gasteiger partial charge in [0.05, 0.1) is 25.6 Å². The summed E-state index contributed by atoms with van der Waals surface area (Å²) in [6.07, 6.45) is 0.595. The lowest BCUT2D eigenvalue weighted by molar-refractivity contribution is -0.119. The molecule has 1 unspecified atom stereocenters. The zero-order chi connectivity index (χ0) is 17.7. The maximum Gasteiger partial charge on any atom is 0.227 e. The SMILES string of the molecule is COc1ccc(CC(C)C(=O)Nc2ccc(C)cc2N)cc1OC. The van der Waals surface area contributed by atoms with Gasteiger partial charge < -0.3 is 20.5 Å². The normalized spacial score (nSPS) is 11.7. The summed E-state index contributed by atoms with van der Waals surface area (Å²) >= 11 is 0. The lowest BCUT2D eigenvalue weighted by atomic mass is 9.99. The third-order valence-electron chi connectivity index (χ3n) is 3.90. The fraction of sp³-hybridized carbons (Fsp3) is 0.316. The zero-order valence-corrected chi connectivity index (χ0v) is 14.6. The number of rotatable bonds is 6. The first kappa shape index (κ1) is 17.7. The van der Waals surface area contributed by atoms with Crippen molar-refractivity contribution in [1.82, 2.24) is 0 Å². The first-order valence-corrected chi connectivity index (χ1v) is 7.82. The van der Waals surface area contributed by atoms with Gasteiger partial charge in [-0.25, -0.2) is 0 Å². The third kappa shape index (κ3) is 4.19. The molecule has 0 bridgehead atoms. The molecule has 2 aromatic rings. The Bertz CT molecular complexity index is 729. The number of carbonyl (C=O) groups excluding carboxylic acids is 1. The molecule has 0 aliphatic heterocycles. The van der Waals surface area contributed by atoms with Crippen molar-refractivity contribution in [3.05, 3.63) is 47.5 Å². The van der Waals surface area contributed by atoms with Crippen molar-refractivity contribution in [2.45, 2.75) is 20.3 Å². The highest BCUT2D eigenvalue weighted by atomic mass is 16.5. The van der Waals surface area contributed by atoms with Crippen LogP contribution in [0.15, 0.2) is 36.4 Å². The van der Waals surface area contributed by atoms with Crippen LogP contribution in [0.3, 0.4) is 0 Å². The molecule has 2 aromatic carbocycles. The molecule has 2 rings (SSSR count). The van der Waals surface area contributed by atoms with Crippen LogP contribution in [0.4, 0.5) is 11.4 Å². The topological polar surface area (TPSA) is 73.6 Å². The number of methoxy groups -OCH3 is 2. The fourth-order valence-corrected chi connectivity index (χ4v) is 2.51. The van der Waals surface area contributed by atoms with E-state index < -0.39 is 0 Å². The summed E-state index contributed by atoms with van der Waals surface area (Å²) in [5.74, 6) is 1.06. The van der Waals surface area contributed by atoms with Crippen molar-refractivity contribution < 1.29 is 14.3 Å². The van der Waals surface area contributed by atoms with Gasteiger partial charge in [-0.1, -0.05) is 19.1 Å². The number of hydrogen-bond donors (Lipinski definition) is 2. The van der Waals surface area contributed by atoms with Crippen LogP contribution in [-0.2, 0) is 11.2 Å². The second-order valence-corrected chi connectivity index (χ2v) is 5.87. The van der Waals surface area contributed by atoms with Crippen molar-refractivity contribution >= 4 is 17.3 Å². The molecule has 0 aliphatic carbocycles. The van der Waals surface area contributed by atoms with Crippen molar-refractivity contribution in [3.63, 3.8) is 0 Å². The number of amides is 1. The maximum absolute atomic E-state index is 12.4. The van der Waals surface area contributed by atoms with Crippen molar-refractivity contribution in [3.8, 4) is 11.5 Å². The standard InChI is InChI=1S/C19H24N2O3/c1-12-5-7-16(15(20)9-12)21-19(22)13(2)10-14-6-8-17(23-3)18(11-14)24-4/h5-9,11,13H,10,20H2,1-4H3,(H,21,22). The summed E-state index contributed by atoms with van der Waals surface area (Å²) in [5, 5.41) is 2.89. The smallest absolute Gasteiger partial charge is 0.227 e. The molecule has 0 spiro atoms. The van der Waals surface area contributed by atoms with Gasteiger partial charge >= 0.3 is 0 Å². The highest BCUT2D eigenvalue weighted by molar-refractivity contribution is 5.95. The largest absolute Gasteiger partial charge is 0.493 e. The molecule has 0 radical (unpaired) electrons. The summed E-state index contributed by atoms with van der Waals surface area (Å²) in [5.41, 5.74) is 9.23. The van der Waals surface area contributed by atoms with Gasteiger partial charge in [-0.05, 0) is 48.7 Å². The highest BCUT2D eigenvalue weighted by Gasteiger charge is 2.16. The average Bonchev–Trinajstić information content (AvgIpc) is 2.57. The summed E-state index contributed by atoms with van der Waals surface area (Å²) in [6, 6.07) is 11.3. The van der Waals surface area contributed by atoms with Crippen LogP contribution in [-0.4, -0.2) is 20.1 Å². The molecule has 0 aromatic heterocycles. The average molecular weight is 328 g/mol. The number of nitrogens with two attached hydrogens (primary N) is 1. The van der Waals surface area contributed by atoms with Crippen molar-refractivity contribution in [1.29, 1.82) is 0 Å². The molecule has 0 heterocycles. The van der Waals surface area contributed by atoms with Crippen LogP contribution in [0.25, 0.3) is 0 Å². The van der Waals surface area contributed by atoms with Gasteiger partial charge in [-0.3, -0.25) is 4.79 Å². The minimum atomic E-state index is -0.205. The number of aryl methyl sites for hydroxylation is 1. The van der Waals surface area contributed by atoms with E-state index in [-0.39, 0.29) is 11.8 Å². The van der Waals surface area contributed by atoms with Gasteiger partial charge in [0.2, 0.25) is 5.91 Å². The van der Waals surface area contributed by atoms with Crippen LogP contribution in [0, 0.1) is 12.8 Å². The lowest BCUT2D eigenvalue weighted by Crippen LogP contribution is -2.22. The van der Waals surface area contributed by atoms with E-state index in [1.807, 2.05) is 50.2 Å². The molecule has 3 N–H and O–H groups in total. The molecule has 0 fully saturated rings. The minimum Gasteiger partial charge on any atom is -0.493 e. The van der Waals surface area contributed by atoms with Gasteiger partial charge in [0.15, 0.2) is 11.5 Å². The molecule has 5 nitrogen and oxygen atoms in total. The van der Waals surface area contributed by atoms with Crippen LogP contribution in [0.5, 0.6) is 11.5 Å². The van der Waals surface area contributed by atoms with Gasteiger partial charge in [-0.2, -0.15) is 0 Å². The fourth-order valence-electron chi connectivity index (χ4n) is 2.51. The van der Waals surface area contributed by atoms with E-state index in [1.165, 1.54) is 0 Å². The Balaban J connectivity index is 2.06. The second-order valence-electron chi connectivity index (χ2n) is 5.87. The molecule has 0 saturated carbocycles. The molecule has 24 heavy (non-hydrogen) atoms. The zero-order valence-electron chi connectivity index (χ0n) is 14.6. The third-order valence-corrected chi connectivity index (χ3v) is 3.90. The van der Waals surface area contributed by atoms with Gasteiger partial charge in [0.25, 0.3) is 0 Å². The van der Waals surface area contributed by atoms with E-state index in [1.54, 1.807) is 14.2 Å². The van der Waals surface area contributed by atoms with Crippen LogP contribution in [0.2, 0.25) is 0 Å². The Hall–Kier alpha value is -2.69. The number of hydrogen-bond acceptors (Lipinski definition) is 4. The highest BCUT2D eigenvalue weighted by Crippen LogP contribution is 2.28. The monoisotopic (exact) mass is 328 g/mol. The molecule has 128 valence electrons. The Morgan fingerprint density at radius 2 is 1.83 bits per heavy atom. The van der Waals surface area contributed by atoms with E-state index in [0.29, 0.717) is 29.3 Å². The maximum atomic E-state index is 12.4.